The van der Waals surface area contributed by atoms with Crippen LogP contribution in [0.2, 0.25) is 0 Å². The lowest BCUT2D eigenvalue weighted by atomic mass is 10.0. The highest BCUT2D eigenvalue weighted by molar-refractivity contribution is 5.29. The van der Waals surface area contributed by atoms with E-state index < -0.39 is 6.10 Å². The van der Waals surface area contributed by atoms with E-state index in [2.05, 4.69) is 4.98 Å². The first-order chi connectivity index (χ1) is 8.69. The largest absolute Gasteiger partial charge is 0.497 e. The number of rotatable bonds is 4. The van der Waals surface area contributed by atoms with Crippen molar-refractivity contribution in [3.05, 3.63) is 59.4 Å². The number of pyridine rings is 1. The quantitative estimate of drug-likeness (QED) is 0.897. The van der Waals surface area contributed by atoms with Crippen LogP contribution in [0.3, 0.4) is 0 Å². The summed E-state index contributed by atoms with van der Waals surface area (Å²) in [6.07, 6.45) is 3.55. The predicted octanol–water partition coefficient (Wildman–Crippen LogP) is 2.67. The highest BCUT2D eigenvalue weighted by Crippen LogP contribution is 2.20. The highest BCUT2D eigenvalue weighted by Gasteiger charge is 2.09. The Morgan fingerprint density at radius 2 is 1.94 bits per heavy atom. The van der Waals surface area contributed by atoms with Gasteiger partial charge in [0, 0.05) is 18.8 Å². The van der Waals surface area contributed by atoms with E-state index in [1.165, 1.54) is 0 Å². The van der Waals surface area contributed by atoms with E-state index in [9.17, 15) is 5.11 Å². The summed E-state index contributed by atoms with van der Waals surface area (Å²) in [5.74, 6) is 0.825. The molecule has 0 saturated carbocycles. The second kappa shape index (κ2) is 5.65. The summed E-state index contributed by atoms with van der Waals surface area (Å²) in [7, 11) is 1.64. The molecule has 0 bridgehead atoms. The third-order valence-corrected chi connectivity index (χ3v) is 2.87. The van der Waals surface area contributed by atoms with Crippen LogP contribution in [0.25, 0.3) is 0 Å². The Kier molecular flexibility index (Phi) is 3.95. The van der Waals surface area contributed by atoms with Crippen molar-refractivity contribution in [3.8, 4) is 5.75 Å². The van der Waals surface area contributed by atoms with Gasteiger partial charge < -0.3 is 9.84 Å². The summed E-state index contributed by atoms with van der Waals surface area (Å²) >= 11 is 0. The van der Waals surface area contributed by atoms with Crippen molar-refractivity contribution in [2.24, 2.45) is 0 Å². The van der Waals surface area contributed by atoms with E-state index in [0.717, 1.165) is 22.4 Å². The highest BCUT2D eigenvalue weighted by atomic mass is 16.5. The number of nitrogens with zero attached hydrogens (tertiary/aromatic N) is 1. The first-order valence-corrected chi connectivity index (χ1v) is 5.91. The molecule has 18 heavy (non-hydrogen) atoms. The maximum atomic E-state index is 10.2. The Hall–Kier alpha value is -1.87. The molecule has 0 amide bonds. The Balaban J connectivity index is 2.08. The summed E-state index contributed by atoms with van der Waals surface area (Å²) in [6, 6.07) is 9.69. The summed E-state index contributed by atoms with van der Waals surface area (Å²) in [4.78, 5) is 4.09. The fraction of sp³-hybridized carbons (Fsp3) is 0.267. The second-order valence-electron chi connectivity index (χ2n) is 4.36. The predicted molar refractivity (Wildman–Crippen MR) is 70.6 cm³/mol. The van der Waals surface area contributed by atoms with E-state index in [1.54, 1.807) is 19.5 Å². The Morgan fingerprint density at radius 3 is 2.56 bits per heavy atom. The molecular weight excluding hydrogens is 226 g/mol. The van der Waals surface area contributed by atoms with Crippen LogP contribution in [0.4, 0.5) is 0 Å². The van der Waals surface area contributed by atoms with Crippen molar-refractivity contribution in [1.82, 2.24) is 4.98 Å². The van der Waals surface area contributed by atoms with Gasteiger partial charge in [-0.05, 0) is 35.7 Å². The Morgan fingerprint density at radius 1 is 1.22 bits per heavy atom. The fourth-order valence-electron chi connectivity index (χ4n) is 1.86. The number of aliphatic hydroxyl groups excluding tert-OH is 1. The molecular formula is C15H17NO2. The van der Waals surface area contributed by atoms with Crippen LogP contribution in [-0.4, -0.2) is 17.2 Å². The maximum Gasteiger partial charge on any atom is 0.118 e. The van der Waals surface area contributed by atoms with Crippen molar-refractivity contribution in [2.75, 3.05) is 7.11 Å². The minimum Gasteiger partial charge on any atom is -0.497 e. The number of hydrogen-bond donors (Lipinski definition) is 1. The first kappa shape index (κ1) is 12.6. The van der Waals surface area contributed by atoms with Gasteiger partial charge in [-0.1, -0.05) is 18.2 Å². The normalized spacial score (nSPS) is 12.2. The van der Waals surface area contributed by atoms with Gasteiger partial charge in [-0.15, -0.1) is 0 Å². The zero-order chi connectivity index (χ0) is 13.0. The van der Waals surface area contributed by atoms with E-state index >= 15 is 0 Å². The van der Waals surface area contributed by atoms with Gasteiger partial charge in [-0.3, -0.25) is 4.98 Å². The number of aryl methyl sites for hydroxylation is 1. The average Bonchev–Trinajstić information content (AvgIpc) is 2.39. The van der Waals surface area contributed by atoms with Crippen LogP contribution in [0.5, 0.6) is 5.75 Å². The molecule has 0 aliphatic carbocycles. The van der Waals surface area contributed by atoms with Gasteiger partial charge >= 0.3 is 0 Å². The maximum absolute atomic E-state index is 10.2. The molecule has 94 valence electrons. The topological polar surface area (TPSA) is 42.4 Å². The van der Waals surface area contributed by atoms with E-state index in [0.29, 0.717) is 6.42 Å². The van der Waals surface area contributed by atoms with E-state index in [-0.39, 0.29) is 0 Å². The van der Waals surface area contributed by atoms with Gasteiger partial charge in [0.2, 0.25) is 0 Å². The van der Waals surface area contributed by atoms with E-state index in [1.807, 2.05) is 37.3 Å². The van der Waals surface area contributed by atoms with Crippen molar-refractivity contribution in [1.29, 1.82) is 0 Å². The van der Waals surface area contributed by atoms with Crippen molar-refractivity contribution < 1.29 is 9.84 Å². The number of ether oxygens (including phenoxy) is 1. The molecule has 2 aromatic rings. The molecule has 1 heterocycles. The molecule has 0 fully saturated rings. The van der Waals surface area contributed by atoms with E-state index in [4.69, 9.17) is 4.74 Å². The third kappa shape index (κ3) is 3.08. The van der Waals surface area contributed by atoms with Crippen molar-refractivity contribution in [3.63, 3.8) is 0 Å². The van der Waals surface area contributed by atoms with Crippen LogP contribution < -0.4 is 4.74 Å². The lowest BCUT2D eigenvalue weighted by Gasteiger charge is -2.11. The molecule has 0 spiro atoms. The monoisotopic (exact) mass is 243 g/mol. The molecule has 1 atom stereocenters. The molecule has 1 aromatic heterocycles. The second-order valence-corrected chi connectivity index (χ2v) is 4.36. The average molecular weight is 243 g/mol. The number of benzene rings is 1. The lowest BCUT2D eigenvalue weighted by molar-refractivity contribution is 0.178. The summed E-state index contributed by atoms with van der Waals surface area (Å²) in [5, 5.41) is 10.2. The van der Waals surface area contributed by atoms with Crippen molar-refractivity contribution >= 4 is 0 Å². The summed E-state index contributed by atoms with van der Waals surface area (Å²) in [6.45, 7) is 1.97. The number of aliphatic hydroxyl groups is 1. The van der Waals surface area contributed by atoms with Gasteiger partial charge in [0.15, 0.2) is 0 Å². The minimum absolute atomic E-state index is 0.522. The number of aromatic nitrogens is 1. The van der Waals surface area contributed by atoms with Gasteiger partial charge in [0.05, 0.1) is 13.2 Å². The number of hydrogen-bond acceptors (Lipinski definition) is 3. The van der Waals surface area contributed by atoms with Crippen molar-refractivity contribution in [2.45, 2.75) is 19.4 Å². The zero-order valence-corrected chi connectivity index (χ0v) is 10.6. The van der Waals surface area contributed by atoms with Gasteiger partial charge in [0.1, 0.15) is 5.75 Å². The van der Waals surface area contributed by atoms with Crippen LogP contribution in [-0.2, 0) is 6.42 Å². The minimum atomic E-state index is -0.522. The summed E-state index contributed by atoms with van der Waals surface area (Å²) < 4.78 is 5.10. The van der Waals surface area contributed by atoms with Crippen LogP contribution in [0.1, 0.15) is 22.8 Å². The molecule has 3 heteroatoms. The molecule has 1 N–H and O–H groups in total. The first-order valence-electron chi connectivity index (χ1n) is 5.91. The SMILES string of the molecule is COc1ccc(CC(O)c2cncc(C)c2)cc1. The lowest BCUT2D eigenvalue weighted by Crippen LogP contribution is -2.02. The van der Waals surface area contributed by atoms with Crippen LogP contribution in [0, 0.1) is 6.92 Å². The molecule has 1 unspecified atom stereocenters. The standard InChI is InChI=1S/C15H17NO2/c1-11-7-13(10-16-9-11)15(17)8-12-3-5-14(18-2)6-4-12/h3-7,9-10,15,17H,8H2,1-2H3. The van der Waals surface area contributed by atoms with Gasteiger partial charge in [-0.25, -0.2) is 0 Å². The Bertz CT molecular complexity index is 508. The molecule has 0 radical (unpaired) electrons. The molecule has 0 aliphatic heterocycles. The molecule has 2 rings (SSSR count). The molecule has 1 aromatic carbocycles. The van der Waals surface area contributed by atoms with Gasteiger partial charge in [-0.2, -0.15) is 0 Å². The third-order valence-electron chi connectivity index (χ3n) is 2.87. The number of methoxy groups -OCH3 is 1. The molecule has 0 saturated heterocycles. The Labute approximate surface area is 107 Å². The van der Waals surface area contributed by atoms with Crippen LogP contribution >= 0.6 is 0 Å². The zero-order valence-electron chi connectivity index (χ0n) is 10.6. The molecule has 3 nitrogen and oxygen atoms in total. The summed E-state index contributed by atoms with van der Waals surface area (Å²) in [5.41, 5.74) is 2.98. The van der Waals surface area contributed by atoms with Crippen LogP contribution in [0.15, 0.2) is 42.7 Å². The smallest absolute Gasteiger partial charge is 0.118 e. The molecule has 0 aliphatic rings. The fourth-order valence-corrected chi connectivity index (χ4v) is 1.86. The van der Waals surface area contributed by atoms with Gasteiger partial charge in [0.25, 0.3) is 0 Å².